The molecule has 110 valence electrons. The predicted octanol–water partition coefficient (Wildman–Crippen LogP) is 3.03. The molecule has 1 saturated heterocycles. The molecule has 1 fully saturated rings. The number of aryl methyl sites for hydroxylation is 1. The molecule has 0 spiro atoms. The van der Waals surface area contributed by atoms with Gasteiger partial charge in [0.05, 0.1) is 18.2 Å². The van der Waals surface area contributed by atoms with E-state index in [4.69, 9.17) is 4.52 Å². The molecule has 4 nitrogen and oxygen atoms in total. The van der Waals surface area contributed by atoms with E-state index in [1.807, 2.05) is 17.9 Å². The summed E-state index contributed by atoms with van der Waals surface area (Å²) >= 11 is 0. The first-order valence-corrected chi connectivity index (χ1v) is 7.10. The van der Waals surface area contributed by atoms with Crippen molar-refractivity contribution in [2.45, 2.75) is 32.2 Å². The van der Waals surface area contributed by atoms with Crippen molar-refractivity contribution in [3.05, 3.63) is 53.2 Å². The Hall–Kier alpha value is -2.17. The minimum atomic E-state index is -0.316. The molecule has 1 aliphatic rings. The molecule has 0 aliphatic carbocycles. The Balaban J connectivity index is 1.74. The van der Waals surface area contributed by atoms with Gasteiger partial charge in [-0.05, 0) is 37.5 Å². The number of likely N-dealkylation sites (tertiary alicyclic amines) is 1. The summed E-state index contributed by atoms with van der Waals surface area (Å²) in [6, 6.07) is 8.00. The normalized spacial score (nSPS) is 18.2. The molecule has 1 atom stereocenters. The zero-order chi connectivity index (χ0) is 14.8. The number of aromatic nitrogens is 1. The van der Waals surface area contributed by atoms with E-state index in [1.54, 1.807) is 12.1 Å². The SMILES string of the molecule is Cc1cc(C2CCCN2C(=O)Cc2cccc(F)c2)on1. The van der Waals surface area contributed by atoms with Gasteiger partial charge in [-0.1, -0.05) is 17.3 Å². The lowest BCUT2D eigenvalue weighted by Crippen LogP contribution is -2.31. The first-order valence-electron chi connectivity index (χ1n) is 7.10. The minimum absolute atomic E-state index is 0.00264. The number of amides is 1. The molecule has 0 bridgehead atoms. The second kappa shape index (κ2) is 5.68. The summed E-state index contributed by atoms with van der Waals surface area (Å²) < 4.78 is 18.5. The molecule has 1 aliphatic heterocycles. The van der Waals surface area contributed by atoms with Gasteiger partial charge in [-0.2, -0.15) is 0 Å². The van der Waals surface area contributed by atoms with Crippen molar-refractivity contribution in [2.75, 3.05) is 6.54 Å². The summed E-state index contributed by atoms with van der Waals surface area (Å²) in [6.07, 6.45) is 2.03. The molecule has 0 radical (unpaired) electrons. The van der Waals surface area contributed by atoms with Crippen LogP contribution >= 0.6 is 0 Å². The zero-order valence-electron chi connectivity index (χ0n) is 11.9. The van der Waals surface area contributed by atoms with Crippen LogP contribution in [-0.2, 0) is 11.2 Å². The van der Waals surface area contributed by atoms with Gasteiger partial charge < -0.3 is 9.42 Å². The van der Waals surface area contributed by atoms with Crippen molar-refractivity contribution in [2.24, 2.45) is 0 Å². The first kappa shape index (κ1) is 13.8. The highest BCUT2D eigenvalue weighted by atomic mass is 19.1. The van der Waals surface area contributed by atoms with Crippen LogP contribution in [0.1, 0.15) is 35.9 Å². The van der Waals surface area contributed by atoms with Crippen molar-refractivity contribution in [3.8, 4) is 0 Å². The number of halogens is 1. The van der Waals surface area contributed by atoms with E-state index in [0.29, 0.717) is 12.1 Å². The fraction of sp³-hybridized carbons (Fsp3) is 0.375. The highest BCUT2D eigenvalue weighted by Gasteiger charge is 2.32. The molecule has 2 aromatic rings. The Morgan fingerprint density at radius 2 is 2.33 bits per heavy atom. The maximum absolute atomic E-state index is 13.2. The van der Waals surface area contributed by atoms with Crippen LogP contribution in [0.2, 0.25) is 0 Å². The summed E-state index contributed by atoms with van der Waals surface area (Å²) in [5.74, 6) is 0.416. The lowest BCUT2D eigenvalue weighted by atomic mass is 10.1. The molecular weight excluding hydrogens is 271 g/mol. The van der Waals surface area contributed by atoms with Crippen molar-refractivity contribution >= 4 is 5.91 Å². The second-order valence-electron chi connectivity index (χ2n) is 5.42. The molecule has 0 saturated carbocycles. The number of hydrogen-bond acceptors (Lipinski definition) is 3. The highest BCUT2D eigenvalue weighted by molar-refractivity contribution is 5.79. The van der Waals surface area contributed by atoms with Crippen molar-refractivity contribution in [1.82, 2.24) is 10.1 Å². The maximum Gasteiger partial charge on any atom is 0.227 e. The molecule has 1 aromatic carbocycles. The van der Waals surface area contributed by atoms with Crippen molar-refractivity contribution in [3.63, 3.8) is 0 Å². The summed E-state index contributed by atoms with van der Waals surface area (Å²) in [4.78, 5) is 14.3. The molecule has 1 unspecified atom stereocenters. The van der Waals surface area contributed by atoms with Gasteiger partial charge in [-0.3, -0.25) is 4.79 Å². The van der Waals surface area contributed by atoms with E-state index >= 15 is 0 Å². The lowest BCUT2D eigenvalue weighted by Gasteiger charge is -2.22. The second-order valence-corrected chi connectivity index (χ2v) is 5.42. The summed E-state index contributed by atoms with van der Waals surface area (Å²) in [5, 5.41) is 3.89. The van der Waals surface area contributed by atoms with Gasteiger partial charge >= 0.3 is 0 Å². The standard InChI is InChI=1S/C16H17FN2O2/c1-11-8-15(21-18-11)14-6-3-7-19(14)16(20)10-12-4-2-5-13(17)9-12/h2,4-5,8-9,14H,3,6-7,10H2,1H3. The fourth-order valence-electron chi connectivity index (χ4n) is 2.82. The molecular formula is C16H17FN2O2. The molecule has 0 N–H and O–H groups in total. The third kappa shape index (κ3) is 2.96. The van der Waals surface area contributed by atoms with Gasteiger partial charge in [0.15, 0.2) is 5.76 Å². The first-order chi connectivity index (χ1) is 10.1. The summed E-state index contributed by atoms with van der Waals surface area (Å²) in [6.45, 7) is 2.57. The van der Waals surface area contributed by atoms with E-state index in [0.717, 1.165) is 24.3 Å². The maximum atomic E-state index is 13.2. The Bertz CT molecular complexity index is 653. The average Bonchev–Trinajstić information content (AvgIpc) is 3.06. The smallest absolute Gasteiger partial charge is 0.227 e. The van der Waals surface area contributed by atoms with Gasteiger partial charge in [0.2, 0.25) is 5.91 Å². The Morgan fingerprint density at radius 3 is 3.05 bits per heavy atom. The molecule has 3 rings (SSSR count). The van der Waals surface area contributed by atoms with Crippen LogP contribution in [0.3, 0.4) is 0 Å². The predicted molar refractivity (Wildman–Crippen MR) is 75.0 cm³/mol. The van der Waals surface area contributed by atoms with Crippen LogP contribution in [-0.4, -0.2) is 22.5 Å². The Labute approximate surface area is 122 Å². The number of carbonyl (C=O) groups is 1. The van der Waals surface area contributed by atoms with Crippen LogP contribution in [0.25, 0.3) is 0 Å². The van der Waals surface area contributed by atoms with E-state index in [-0.39, 0.29) is 24.2 Å². The topological polar surface area (TPSA) is 46.3 Å². The van der Waals surface area contributed by atoms with Gasteiger partial charge in [0, 0.05) is 12.6 Å². The quantitative estimate of drug-likeness (QED) is 0.872. The number of carbonyl (C=O) groups excluding carboxylic acids is 1. The molecule has 2 heterocycles. The Morgan fingerprint density at radius 1 is 1.48 bits per heavy atom. The van der Waals surface area contributed by atoms with Crippen LogP contribution in [0, 0.1) is 12.7 Å². The van der Waals surface area contributed by atoms with Crippen molar-refractivity contribution < 1.29 is 13.7 Å². The number of rotatable bonds is 3. The highest BCUT2D eigenvalue weighted by Crippen LogP contribution is 2.32. The summed E-state index contributed by atoms with van der Waals surface area (Å²) in [7, 11) is 0. The van der Waals surface area contributed by atoms with E-state index in [2.05, 4.69) is 5.16 Å². The van der Waals surface area contributed by atoms with E-state index in [9.17, 15) is 9.18 Å². The van der Waals surface area contributed by atoms with Gasteiger partial charge in [0.1, 0.15) is 5.82 Å². The van der Waals surface area contributed by atoms with Crippen LogP contribution < -0.4 is 0 Å². The number of nitrogens with zero attached hydrogens (tertiary/aromatic N) is 2. The third-order valence-corrected chi connectivity index (χ3v) is 3.79. The number of hydrogen-bond donors (Lipinski definition) is 0. The van der Waals surface area contributed by atoms with Crippen LogP contribution in [0.4, 0.5) is 4.39 Å². The third-order valence-electron chi connectivity index (χ3n) is 3.79. The molecule has 5 heteroatoms. The number of benzene rings is 1. The lowest BCUT2D eigenvalue weighted by molar-refractivity contribution is -0.131. The van der Waals surface area contributed by atoms with E-state index < -0.39 is 0 Å². The van der Waals surface area contributed by atoms with Crippen LogP contribution in [0.5, 0.6) is 0 Å². The minimum Gasteiger partial charge on any atom is -0.359 e. The monoisotopic (exact) mass is 288 g/mol. The van der Waals surface area contributed by atoms with Crippen LogP contribution in [0.15, 0.2) is 34.9 Å². The largest absolute Gasteiger partial charge is 0.359 e. The molecule has 1 amide bonds. The van der Waals surface area contributed by atoms with Crippen molar-refractivity contribution in [1.29, 1.82) is 0 Å². The van der Waals surface area contributed by atoms with Gasteiger partial charge in [-0.25, -0.2) is 4.39 Å². The average molecular weight is 288 g/mol. The zero-order valence-corrected chi connectivity index (χ0v) is 11.9. The Kier molecular flexibility index (Phi) is 3.73. The van der Waals surface area contributed by atoms with E-state index in [1.165, 1.54) is 12.1 Å². The summed E-state index contributed by atoms with van der Waals surface area (Å²) in [5.41, 5.74) is 1.51. The fourth-order valence-corrected chi connectivity index (χ4v) is 2.82. The molecule has 21 heavy (non-hydrogen) atoms. The molecule has 1 aromatic heterocycles. The van der Waals surface area contributed by atoms with Gasteiger partial charge in [0.25, 0.3) is 0 Å². The van der Waals surface area contributed by atoms with Gasteiger partial charge in [-0.15, -0.1) is 0 Å².